The molecule has 1 saturated heterocycles. The Labute approximate surface area is 115 Å². The molecule has 0 bridgehead atoms. The lowest BCUT2D eigenvalue weighted by molar-refractivity contribution is 0.223. The van der Waals surface area contributed by atoms with Crippen LogP contribution in [-0.2, 0) is 0 Å². The second-order valence-corrected chi connectivity index (χ2v) is 5.36. The maximum absolute atomic E-state index is 5.99. The first-order valence-corrected chi connectivity index (χ1v) is 7.11. The van der Waals surface area contributed by atoms with Gasteiger partial charge in [0.1, 0.15) is 5.75 Å². The highest BCUT2D eigenvalue weighted by Gasteiger charge is 2.14. The highest BCUT2D eigenvalue weighted by atomic mass is 16.5. The van der Waals surface area contributed by atoms with Gasteiger partial charge in [-0.2, -0.15) is 0 Å². The molecular weight excluding hydrogens is 238 g/mol. The maximum Gasteiger partial charge on any atom is 0.121 e. The molecule has 0 saturated carbocycles. The molecular formula is C15H25N3O. The van der Waals surface area contributed by atoms with Gasteiger partial charge in [-0.25, -0.2) is 0 Å². The van der Waals surface area contributed by atoms with Crippen molar-refractivity contribution < 1.29 is 4.74 Å². The highest BCUT2D eigenvalue weighted by Crippen LogP contribution is 2.25. The highest BCUT2D eigenvalue weighted by molar-refractivity contribution is 5.68. The van der Waals surface area contributed by atoms with Crippen LogP contribution in [0.25, 0.3) is 0 Å². The summed E-state index contributed by atoms with van der Waals surface area (Å²) in [4.78, 5) is 2.53. The standard InChI is InChI=1S/C15H25N3O/c1-12(11-18-8-4-3-5-9-18)17-15-10-13(19-2)6-7-14(15)16/h6-7,10,12,17H,3-5,8-9,11,16H2,1-2H3. The summed E-state index contributed by atoms with van der Waals surface area (Å²) in [6, 6.07) is 6.11. The van der Waals surface area contributed by atoms with Crippen LogP contribution in [0.15, 0.2) is 18.2 Å². The minimum atomic E-state index is 0.382. The van der Waals surface area contributed by atoms with E-state index >= 15 is 0 Å². The van der Waals surface area contributed by atoms with Crippen molar-refractivity contribution in [3.8, 4) is 5.75 Å². The molecule has 0 aromatic heterocycles. The first-order chi connectivity index (χ1) is 9.19. The number of methoxy groups -OCH3 is 1. The van der Waals surface area contributed by atoms with Crippen LogP contribution >= 0.6 is 0 Å². The molecule has 19 heavy (non-hydrogen) atoms. The van der Waals surface area contributed by atoms with E-state index in [1.807, 2.05) is 18.2 Å². The predicted molar refractivity (Wildman–Crippen MR) is 80.8 cm³/mol. The molecule has 2 rings (SSSR count). The Hall–Kier alpha value is -1.42. The maximum atomic E-state index is 5.99. The molecule has 3 N–H and O–H groups in total. The zero-order chi connectivity index (χ0) is 13.7. The molecule has 1 aliphatic rings. The number of rotatable bonds is 5. The number of nitrogens with one attached hydrogen (secondary N) is 1. The molecule has 1 aliphatic heterocycles. The molecule has 0 radical (unpaired) electrons. The van der Waals surface area contributed by atoms with Gasteiger partial charge in [-0.1, -0.05) is 6.42 Å². The summed E-state index contributed by atoms with van der Waals surface area (Å²) in [5, 5.41) is 3.49. The molecule has 0 spiro atoms. The number of piperidine rings is 1. The number of likely N-dealkylation sites (tertiary alicyclic amines) is 1. The summed E-state index contributed by atoms with van der Waals surface area (Å²) in [5.74, 6) is 0.835. The smallest absolute Gasteiger partial charge is 0.121 e. The lowest BCUT2D eigenvalue weighted by atomic mass is 10.1. The molecule has 1 unspecified atom stereocenters. The summed E-state index contributed by atoms with van der Waals surface area (Å²) in [5.41, 5.74) is 7.73. The van der Waals surface area contributed by atoms with E-state index in [4.69, 9.17) is 10.5 Å². The number of ether oxygens (including phenoxy) is 1. The lowest BCUT2D eigenvalue weighted by Crippen LogP contribution is -2.38. The number of anilines is 2. The zero-order valence-electron chi connectivity index (χ0n) is 12.0. The molecule has 0 amide bonds. The number of nitrogens with two attached hydrogens (primary N) is 1. The van der Waals surface area contributed by atoms with E-state index in [1.165, 1.54) is 32.4 Å². The molecule has 0 aliphatic carbocycles. The molecule has 1 atom stereocenters. The number of hydrogen-bond donors (Lipinski definition) is 2. The van der Waals surface area contributed by atoms with E-state index in [-0.39, 0.29) is 0 Å². The average molecular weight is 263 g/mol. The number of hydrogen-bond acceptors (Lipinski definition) is 4. The second-order valence-electron chi connectivity index (χ2n) is 5.36. The van der Waals surface area contributed by atoms with Gasteiger partial charge < -0.3 is 20.7 Å². The van der Waals surface area contributed by atoms with Gasteiger partial charge in [-0.15, -0.1) is 0 Å². The van der Waals surface area contributed by atoms with Crippen LogP contribution in [0, 0.1) is 0 Å². The SMILES string of the molecule is COc1ccc(N)c(NC(C)CN2CCCCC2)c1. The van der Waals surface area contributed by atoms with Crippen molar-refractivity contribution in [3.05, 3.63) is 18.2 Å². The summed E-state index contributed by atoms with van der Waals surface area (Å²) >= 11 is 0. The van der Waals surface area contributed by atoms with Crippen molar-refractivity contribution in [3.63, 3.8) is 0 Å². The Bertz CT molecular complexity index is 402. The summed E-state index contributed by atoms with van der Waals surface area (Å²) in [6.07, 6.45) is 4.03. The van der Waals surface area contributed by atoms with Gasteiger partial charge in [0, 0.05) is 18.7 Å². The summed E-state index contributed by atoms with van der Waals surface area (Å²) < 4.78 is 5.24. The third-order valence-corrected chi connectivity index (χ3v) is 3.64. The Balaban J connectivity index is 1.92. The Kier molecular flexibility index (Phi) is 4.91. The normalized spacial score (nSPS) is 18.0. The van der Waals surface area contributed by atoms with Gasteiger partial charge in [0.15, 0.2) is 0 Å². The molecule has 4 heteroatoms. The van der Waals surface area contributed by atoms with Crippen molar-refractivity contribution in [2.45, 2.75) is 32.2 Å². The molecule has 1 aromatic carbocycles. The van der Waals surface area contributed by atoms with Gasteiger partial charge in [-0.05, 0) is 45.0 Å². The third kappa shape index (κ3) is 4.03. The Morgan fingerprint density at radius 1 is 1.32 bits per heavy atom. The topological polar surface area (TPSA) is 50.5 Å². The predicted octanol–water partition coefficient (Wildman–Crippen LogP) is 2.56. The van der Waals surface area contributed by atoms with E-state index in [0.717, 1.165) is 23.7 Å². The van der Waals surface area contributed by atoms with Crippen LogP contribution in [0.1, 0.15) is 26.2 Å². The van der Waals surface area contributed by atoms with Crippen molar-refractivity contribution in [2.24, 2.45) is 0 Å². The molecule has 1 aromatic rings. The van der Waals surface area contributed by atoms with E-state index in [1.54, 1.807) is 7.11 Å². The number of benzene rings is 1. The van der Waals surface area contributed by atoms with Gasteiger partial charge in [0.25, 0.3) is 0 Å². The van der Waals surface area contributed by atoms with Crippen LogP contribution in [0.4, 0.5) is 11.4 Å². The van der Waals surface area contributed by atoms with E-state index < -0.39 is 0 Å². The fourth-order valence-electron chi connectivity index (χ4n) is 2.63. The Morgan fingerprint density at radius 2 is 2.05 bits per heavy atom. The second kappa shape index (κ2) is 6.66. The van der Waals surface area contributed by atoms with Crippen molar-refractivity contribution in [2.75, 3.05) is 37.8 Å². The van der Waals surface area contributed by atoms with Crippen LogP contribution in [0.3, 0.4) is 0 Å². The van der Waals surface area contributed by atoms with Crippen molar-refractivity contribution in [1.29, 1.82) is 0 Å². The van der Waals surface area contributed by atoms with E-state index in [2.05, 4.69) is 17.1 Å². The minimum Gasteiger partial charge on any atom is -0.497 e. The molecule has 106 valence electrons. The fraction of sp³-hybridized carbons (Fsp3) is 0.600. The van der Waals surface area contributed by atoms with Gasteiger partial charge in [0.2, 0.25) is 0 Å². The van der Waals surface area contributed by atoms with E-state index in [9.17, 15) is 0 Å². The van der Waals surface area contributed by atoms with Gasteiger partial charge >= 0.3 is 0 Å². The zero-order valence-corrected chi connectivity index (χ0v) is 12.0. The van der Waals surface area contributed by atoms with Crippen LogP contribution in [-0.4, -0.2) is 37.7 Å². The molecule has 1 fully saturated rings. The quantitative estimate of drug-likeness (QED) is 0.802. The average Bonchev–Trinajstić information content (AvgIpc) is 2.42. The minimum absolute atomic E-state index is 0.382. The molecule has 4 nitrogen and oxygen atoms in total. The lowest BCUT2D eigenvalue weighted by Gasteiger charge is -2.30. The monoisotopic (exact) mass is 263 g/mol. The largest absolute Gasteiger partial charge is 0.497 e. The summed E-state index contributed by atoms with van der Waals surface area (Å²) in [6.45, 7) is 5.71. The van der Waals surface area contributed by atoms with Gasteiger partial charge in [0.05, 0.1) is 18.5 Å². The van der Waals surface area contributed by atoms with Crippen molar-refractivity contribution >= 4 is 11.4 Å². The van der Waals surface area contributed by atoms with Crippen LogP contribution in [0.2, 0.25) is 0 Å². The first-order valence-electron chi connectivity index (χ1n) is 7.11. The summed E-state index contributed by atoms with van der Waals surface area (Å²) in [7, 11) is 1.67. The van der Waals surface area contributed by atoms with Crippen LogP contribution < -0.4 is 15.8 Å². The first kappa shape index (κ1) is 14.0. The third-order valence-electron chi connectivity index (χ3n) is 3.64. The number of nitrogen functional groups attached to an aromatic ring is 1. The molecule has 1 heterocycles. The van der Waals surface area contributed by atoms with E-state index in [0.29, 0.717) is 6.04 Å². The fourth-order valence-corrected chi connectivity index (χ4v) is 2.63. The number of nitrogens with zero attached hydrogens (tertiary/aromatic N) is 1. The van der Waals surface area contributed by atoms with Gasteiger partial charge in [-0.3, -0.25) is 0 Å². The van der Waals surface area contributed by atoms with Crippen molar-refractivity contribution in [1.82, 2.24) is 4.90 Å². The van der Waals surface area contributed by atoms with Crippen LogP contribution in [0.5, 0.6) is 5.75 Å². The Morgan fingerprint density at radius 3 is 2.74 bits per heavy atom.